The smallest absolute Gasteiger partial charge is 0.223 e. The standard InChI is InChI=1S/C18H24N4O2/c1-20-14-15(13-19-20)7-8-18(23)22-11-9-21(10-12-22)16-5-3-4-6-17(16)24-2/h3-6,13-14H,7-12H2,1-2H3. The number of ether oxygens (including phenoxy) is 1. The van der Waals surface area contributed by atoms with Crippen LogP contribution in [0, 0.1) is 0 Å². The van der Waals surface area contributed by atoms with Gasteiger partial charge in [0.25, 0.3) is 0 Å². The van der Waals surface area contributed by atoms with Gasteiger partial charge in [0, 0.05) is 45.8 Å². The van der Waals surface area contributed by atoms with E-state index in [-0.39, 0.29) is 5.91 Å². The Morgan fingerprint density at radius 3 is 2.62 bits per heavy atom. The fourth-order valence-corrected chi connectivity index (χ4v) is 3.10. The summed E-state index contributed by atoms with van der Waals surface area (Å²) >= 11 is 0. The fraction of sp³-hybridized carbons (Fsp3) is 0.444. The number of nitrogens with zero attached hydrogens (tertiary/aromatic N) is 4. The summed E-state index contributed by atoms with van der Waals surface area (Å²) in [4.78, 5) is 16.6. The minimum Gasteiger partial charge on any atom is -0.495 e. The topological polar surface area (TPSA) is 50.6 Å². The third-order valence-electron chi connectivity index (χ3n) is 4.44. The van der Waals surface area contributed by atoms with Crippen LogP contribution in [0.25, 0.3) is 0 Å². The third-order valence-corrected chi connectivity index (χ3v) is 4.44. The van der Waals surface area contributed by atoms with Gasteiger partial charge in [-0.3, -0.25) is 9.48 Å². The van der Waals surface area contributed by atoms with E-state index < -0.39 is 0 Å². The second kappa shape index (κ2) is 7.38. The van der Waals surface area contributed by atoms with Crippen LogP contribution in [-0.2, 0) is 18.3 Å². The van der Waals surface area contributed by atoms with Gasteiger partial charge in [0.05, 0.1) is 19.0 Å². The number of piperazine rings is 1. The Bertz CT molecular complexity index is 690. The van der Waals surface area contributed by atoms with E-state index >= 15 is 0 Å². The van der Waals surface area contributed by atoms with Crippen LogP contribution in [0.15, 0.2) is 36.7 Å². The van der Waals surface area contributed by atoms with Gasteiger partial charge in [-0.1, -0.05) is 12.1 Å². The molecule has 6 nitrogen and oxygen atoms in total. The van der Waals surface area contributed by atoms with Crippen molar-refractivity contribution in [3.8, 4) is 5.75 Å². The number of methoxy groups -OCH3 is 1. The van der Waals surface area contributed by atoms with E-state index in [0.29, 0.717) is 6.42 Å². The average molecular weight is 328 g/mol. The molecule has 1 aliphatic rings. The van der Waals surface area contributed by atoms with Crippen LogP contribution in [0.2, 0.25) is 0 Å². The first-order chi connectivity index (χ1) is 11.7. The second-order valence-corrected chi connectivity index (χ2v) is 6.06. The van der Waals surface area contributed by atoms with Crippen LogP contribution in [0.1, 0.15) is 12.0 Å². The summed E-state index contributed by atoms with van der Waals surface area (Å²) in [5, 5.41) is 4.14. The zero-order valence-corrected chi connectivity index (χ0v) is 14.3. The number of hydrogen-bond donors (Lipinski definition) is 0. The lowest BCUT2D eigenvalue weighted by Gasteiger charge is -2.36. The van der Waals surface area contributed by atoms with Gasteiger partial charge in [0.1, 0.15) is 5.75 Å². The Labute approximate surface area is 142 Å². The Morgan fingerprint density at radius 2 is 1.96 bits per heavy atom. The zero-order chi connectivity index (χ0) is 16.9. The Balaban J connectivity index is 1.52. The van der Waals surface area contributed by atoms with Crippen molar-refractivity contribution in [2.75, 3.05) is 38.2 Å². The third kappa shape index (κ3) is 3.69. The molecule has 1 aromatic carbocycles. The highest BCUT2D eigenvalue weighted by Gasteiger charge is 2.22. The molecule has 0 radical (unpaired) electrons. The number of rotatable bonds is 5. The van der Waals surface area contributed by atoms with E-state index in [0.717, 1.165) is 49.6 Å². The van der Waals surface area contributed by atoms with Crippen molar-refractivity contribution in [2.24, 2.45) is 7.05 Å². The van der Waals surface area contributed by atoms with Crippen LogP contribution in [0.4, 0.5) is 5.69 Å². The molecule has 24 heavy (non-hydrogen) atoms. The monoisotopic (exact) mass is 328 g/mol. The van der Waals surface area contributed by atoms with E-state index in [1.807, 2.05) is 42.5 Å². The first kappa shape index (κ1) is 16.4. The molecule has 1 aliphatic heterocycles. The van der Waals surface area contributed by atoms with Crippen LogP contribution < -0.4 is 9.64 Å². The van der Waals surface area contributed by atoms with Crippen LogP contribution in [-0.4, -0.2) is 53.9 Å². The molecule has 2 heterocycles. The summed E-state index contributed by atoms with van der Waals surface area (Å²) in [5.74, 6) is 1.10. The maximum Gasteiger partial charge on any atom is 0.223 e. The molecule has 6 heteroatoms. The minimum atomic E-state index is 0.221. The highest BCUT2D eigenvalue weighted by molar-refractivity contribution is 5.77. The molecule has 1 fully saturated rings. The molecule has 2 aromatic rings. The maximum atomic E-state index is 12.4. The van der Waals surface area contributed by atoms with Gasteiger partial charge >= 0.3 is 0 Å². The molecular formula is C18H24N4O2. The van der Waals surface area contributed by atoms with E-state index in [1.54, 1.807) is 11.8 Å². The predicted octanol–water partition coefficient (Wildman–Crippen LogP) is 1.71. The molecule has 0 aliphatic carbocycles. The van der Waals surface area contributed by atoms with Gasteiger partial charge in [-0.05, 0) is 24.1 Å². The summed E-state index contributed by atoms with van der Waals surface area (Å²) in [5.41, 5.74) is 2.21. The van der Waals surface area contributed by atoms with E-state index in [1.165, 1.54) is 0 Å². The largest absolute Gasteiger partial charge is 0.495 e. The number of benzene rings is 1. The Morgan fingerprint density at radius 1 is 1.21 bits per heavy atom. The predicted molar refractivity (Wildman–Crippen MR) is 93.3 cm³/mol. The lowest BCUT2D eigenvalue weighted by atomic mass is 10.1. The summed E-state index contributed by atoms with van der Waals surface area (Å²) < 4.78 is 7.20. The normalized spacial score (nSPS) is 14.8. The highest BCUT2D eigenvalue weighted by Crippen LogP contribution is 2.28. The molecule has 0 bridgehead atoms. The second-order valence-electron chi connectivity index (χ2n) is 6.06. The van der Waals surface area contributed by atoms with E-state index in [9.17, 15) is 4.79 Å². The van der Waals surface area contributed by atoms with Gasteiger partial charge in [-0.25, -0.2) is 0 Å². The minimum absolute atomic E-state index is 0.221. The lowest BCUT2D eigenvalue weighted by Crippen LogP contribution is -2.48. The number of para-hydroxylation sites is 2. The summed E-state index contributed by atoms with van der Waals surface area (Å²) in [7, 11) is 3.58. The van der Waals surface area contributed by atoms with Crippen molar-refractivity contribution < 1.29 is 9.53 Å². The molecule has 0 spiro atoms. The molecule has 1 amide bonds. The van der Waals surface area contributed by atoms with Crippen LogP contribution in [0.3, 0.4) is 0 Å². The number of carbonyl (C=O) groups is 1. The van der Waals surface area contributed by atoms with Gasteiger partial charge in [-0.15, -0.1) is 0 Å². The highest BCUT2D eigenvalue weighted by atomic mass is 16.5. The van der Waals surface area contributed by atoms with Crippen LogP contribution in [0.5, 0.6) is 5.75 Å². The summed E-state index contributed by atoms with van der Waals surface area (Å²) in [6.07, 6.45) is 5.08. The van der Waals surface area contributed by atoms with Gasteiger partial charge in [0.2, 0.25) is 5.91 Å². The lowest BCUT2D eigenvalue weighted by molar-refractivity contribution is -0.131. The molecule has 0 atom stereocenters. The quantitative estimate of drug-likeness (QED) is 0.838. The summed E-state index contributed by atoms with van der Waals surface area (Å²) in [6, 6.07) is 8.03. The van der Waals surface area contributed by atoms with Gasteiger partial charge < -0.3 is 14.5 Å². The first-order valence-corrected chi connectivity index (χ1v) is 8.30. The molecule has 0 N–H and O–H groups in total. The van der Waals surface area contributed by atoms with Crippen molar-refractivity contribution in [1.82, 2.24) is 14.7 Å². The molecule has 0 saturated carbocycles. The molecular weight excluding hydrogens is 304 g/mol. The van der Waals surface area contributed by atoms with Crippen molar-refractivity contribution >= 4 is 11.6 Å². The number of anilines is 1. The molecule has 128 valence electrons. The number of aryl methyl sites for hydroxylation is 2. The number of hydrogen-bond acceptors (Lipinski definition) is 4. The zero-order valence-electron chi connectivity index (χ0n) is 14.3. The molecule has 1 aromatic heterocycles. The number of amides is 1. The summed E-state index contributed by atoms with van der Waals surface area (Å²) in [6.45, 7) is 3.17. The number of carbonyl (C=O) groups excluding carboxylic acids is 1. The Hall–Kier alpha value is -2.50. The Kier molecular flexibility index (Phi) is 5.03. The first-order valence-electron chi connectivity index (χ1n) is 8.30. The van der Waals surface area contributed by atoms with E-state index in [2.05, 4.69) is 16.1 Å². The SMILES string of the molecule is COc1ccccc1N1CCN(C(=O)CCc2cnn(C)c2)CC1. The van der Waals surface area contributed by atoms with Crippen molar-refractivity contribution in [3.05, 3.63) is 42.2 Å². The van der Waals surface area contributed by atoms with Crippen LogP contribution >= 0.6 is 0 Å². The average Bonchev–Trinajstić information content (AvgIpc) is 3.05. The van der Waals surface area contributed by atoms with Gasteiger partial charge in [0.15, 0.2) is 0 Å². The number of aromatic nitrogens is 2. The van der Waals surface area contributed by atoms with Crippen molar-refractivity contribution in [3.63, 3.8) is 0 Å². The molecule has 1 saturated heterocycles. The maximum absolute atomic E-state index is 12.4. The van der Waals surface area contributed by atoms with E-state index in [4.69, 9.17) is 4.74 Å². The fourth-order valence-electron chi connectivity index (χ4n) is 3.10. The molecule has 3 rings (SSSR count). The van der Waals surface area contributed by atoms with Crippen molar-refractivity contribution in [1.29, 1.82) is 0 Å². The molecule has 0 unspecified atom stereocenters. The van der Waals surface area contributed by atoms with Crippen molar-refractivity contribution in [2.45, 2.75) is 12.8 Å². The van der Waals surface area contributed by atoms with Gasteiger partial charge in [-0.2, -0.15) is 5.10 Å².